The fourth-order valence-electron chi connectivity index (χ4n) is 1.67. The first-order valence-corrected chi connectivity index (χ1v) is 6.88. The highest BCUT2D eigenvalue weighted by molar-refractivity contribution is 7.84. The van der Waals surface area contributed by atoms with Crippen molar-refractivity contribution >= 4 is 16.6 Å². The van der Waals surface area contributed by atoms with Gasteiger partial charge in [-0.1, -0.05) is 29.3 Å². The first kappa shape index (κ1) is 13.1. The molecular weight excluding hydrogens is 220 g/mol. The second kappa shape index (κ2) is 5.94. The third-order valence-corrected chi connectivity index (χ3v) is 3.61. The summed E-state index contributed by atoms with van der Waals surface area (Å²) < 4.78 is 11.7. The van der Waals surface area contributed by atoms with E-state index in [1.807, 2.05) is 13.8 Å². The minimum Gasteiger partial charge on any atom is -0.300 e. The van der Waals surface area contributed by atoms with Gasteiger partial charge in [-0.05, 0) is 26.3 Å². The minimum absolute atomic E-state index is 0.105. The zero-order chi connectivity index (χ0) is 12.1. The van der Waals surface area contributed by atoms with Crippen LogP contribution in [0.15, 0.2) is 18.2 Å². The molecule has 0 fully saturated rings. The van der Waals surface area contributed by atoms with Crippen LogP contribution in [0, 0.1) is 13.8 Å². The molecule has 0 radical (unpaired) electrons. The zero-order valence-corrected chi connectivity index (χ0v) is 10.9. The summed E-state index contributed by atoms with van der Waals surface area (Å²) in [5.41, 5.74) is 3.48. The normalized spacial score (nSPS) is 12.4. The van der Waals surface area contributed by atoms with Gasteiger partial charge in [0, 0.05) is 28.7 Å². The van der Waals surface area contributed by atoms with E-state index in [1.165, 1.54) is 18.1 Å². The molecule has 0 spiro atoms. The Kier molecular flexibility index (Phi) is 4.87. The molecule has 0 saturated heterocycles. The van der Waals surface area contributed by atoms with Gasteiger partial charge >= 0.3 is 0 Å². The number of carbonyl (C=O) groups excluding carboxylic acids is 1. The molecule has 2 nitrogen and oxygen atoms in total. The van der Waals surface area contributed by atoms with Crippen molar-refractivity contribution in [1.82, 2.24) is 0 Å². The maximum absolute atomic E-state index is 11.7. The molecule has 0 heterocycles. The Morgan fingerprint density at radius 3 is 2.25 bits per heavy atom. The van der Waals surface area contributed by atoms with Gasteiger partial charge < -0.3 is 0 Å². The smallest absolute Gasteiger partial charge is 0.130 e. The lowest BCUT2D eigenvalue weighted by Crippen LogP contribution is -2.05. The summed E-state index contributed by atoms with van der Waals surface area (Å²) in [6.45, 7) is 5.61. The monoisotopic (exact) mass is 238 g/mol. The van der Waals surface area contributed by atoms with Crippen molar-refractivity contribution in [3.05, 3.63) is 34.9 Å². The summed E-state index contributed by atoms with van der Waals surface area (Å²) in [4.78, 5) is 10.8. The molecule has 0 aromatic heterocycles. The van der Waals surface area contributed by atoms with Crippen molar-refractivity contribution in [1.29, 1.82) is 0 Å². The first-order chi connectivity index (χ1) is 7.47. The lowest BCUT2D eigenvalue weighted by atomic mass is 10.1. The van der Waals surface area contributed by atoms with Gasteiger partial charge in [0.15, 0.2) is 0 Å². The third kappa shape index (κ3) is 4.71. The molecule has 3 heteroatoms. The molecular formula is C13H18O2S. The van der Waals surface area contributed by atoms with E-state index in [9.17, 15) is 9.00 Å². The molecule has 0 bridgehead atoms. The Bertz CT molecular complexity index is 390. The van der Waals surface area contributed by atoms with E-state index in [2.05, 4.69) is 18.2 Å². The molecule has 0 amide bonds. The third-order valence-electron chi connectivity index (χ3n) is 2.29. The number of hydrogen-bond acceptors (Lipinski definition) is 2. The van der Waals surface area contributed by atoms with Crippen molar-refractivity contribution < 1.29 is 9.00 Å². The molecule has 1 unspecified atom stereocenters. The quantitative estimate of drug-likeness (QED) is 0.790. The van der Waals surface area contributed by atoms with Crippen LogP contribution in [0.4, 0.5) is 0 Å². The highest BCUT2D eigenvalue weighted by atomic mass is 32.2. The molecule has 1 rings (SSSR count). The average Bonchev–Trinajstić information content (AvgIpc) is 2.12. The molecule has 16 heavy (non-hydrogen) atoms. The number of carbonyl (C=O) groups is 1. The number of ketones is 1. The molecule has 0 saturated carbocycles. The van der Waals surface area contributed by atoms with Crippen LogP contribution in [0.2, 0.25) is 0 Å². The second-order valence-corrected chi connectivity index (χ2v) is 5.81. The highest BCUT2D eigenvalue weighted by Gasteiger charge is 2.04. The standard InChI is InChI=1S/C13H18O2S/c1-10-6-11(2)8-13(7-10)9-16(15)5-4-12(3)14/h6-8H,4-5,9H2,1-3H3. The summed E-state index contributed by atoms with van der Waals surface area (Å²) in [7, 11) is -0.929. The number of aryl methyl sites for hydroxylation is 2. The Morgan fingerprint density at radius 1 is 1.19 bits per heavy atom. The van der Waals surface area contributed by atoms with Crippen LogP contribution in [0.25, 0.3) is 0 Å². The van der Waals surface area contributed by atoms with Crippen LogP contribution < -0.4 is 0 Å². The average molecular weight is 238 g/mol. The summed E-state index contributed by atoms with van der Waals surface area (Å²) in [6.07, 6.45) is 0.414. The maximum Gasteiger partial charge on any atom is 0.130 e. The minimum atomic E-state index is -0.929. The van der Waals surface area contributed by atoms with E-state index in [0.717, 1.165) is 5.56 Å². The van der Waals surface area contributed by atoms with Crippen molar-refractivity contribution in [2.75, 3.05) is 5.75 Å². The van der Waals surface area contributed by atoms with Gasteiger partial charge in [0.25, 0.3) is 0 Å². The molecule has 0 N–H and O–H groups in total. The van der Waals surface area contributed by atoms with Crippen LogP contribution >= 0.6 is 0 Å². The van der Waals surface area contributed by atoms with Crippen LogP contribution in [-0.4, -0.2) is 15.7 Å². The van der Waals surface area contributed by atoms with Crippen molar-refractivity contribution in [2.45, 2.75) is 32.9 Å². The number of rotatable bonds is 5. The van der Waals surface area contributed by atoms with Crippen LogP contribution in [0.3, 0.4) is 0 Å². The van der Waals surface area contributed by atoms with Crippen molar-refractivity contribution in [2.24, 2.45) is 0 Å². The summed E-state index contributed by atoms with van der Waals surface area (Å²) in [6, 6.07) is 6.21. The fraction of sp³-hybridized carbons (Fsp3) is 0.462. The summed E-state index contributed by atoms with van der Waals surface area (Å²) in [5, 5.41) is 0. The fourth-order valence-corrected chi connectivity index (χ4v) is 2.87. The van der Waals surface area contributed by atoms with E-state index >= 15 is 0 Å². The molecule has 88 valence electrons. The van der Waals surface area contributed by atoms with Crippen molar-refractivity contribution in [3.63, 3.8) is 0 Å². The van der Waals surface area contributed by atoms with Gasteiger partial charge in [0.05, 0.1) is 0 Å². The number of hydrogen-bond donors (Lipinski definition) is 0. The molecule has 1 aromatic rings. The van der Waals surface area contributed by atoms with Crippen LogP contribution in [0.5, 0.6) is 0 Å². The van der Waals surface area contributed by atoms with Gasteiger partial charge in [-0.25, -0.2) is 0 Å². The van der Waals surface area contributed by atoms with Gasteiger partial charge in [-0.2, -0.15) is 0 Å². The van der Waals surface area contributed by atoms with Gasteiger partial charge in [0.2, 0.25) is 0 Å². The molecule has 0 aliphatic rings. The Morgan fingerprint density at radius 2 is 1.75 bits per heavy atom. The predicted molar refractivity (Wildman–Crippen MR) is 67.9 cm³/mol. The number of benzene rings is 1. The largest absolute Gasteiger partial charge is 0.300 e. The van der Waals surface area contributed by atoms with E-state index in [0.29, 0.717) is 17.9 Å². The van der Waals surface area contributed by atoms with E-state index < -0.39 is 10.8 Å². The maximum atomic E-state index is 11.7. The zero-order valence-electron chi connectivity index (χ0n) is 10.1. The first-order valence-electron chi connectivity index (χ1n) is 5.39. The summed E-state index contributed by atoms with van der Waals surface area (Å²) in [5.74, 6) is 1.13. The van der Waals surface area contributed by atoms with E-state index in [-0.39, 0.29) is 5.78 Å². The second-order valence-electron chi connectivity index (χ2n) is 4.24. The summed E-state index contributed by atoms with van der Waals surface area (Å²) >= 11 is 0. The SMILES string of the molecule is CC(=O)CCS(=O)Cc1cc(C)cc(C)c1. The van der Waals surface area contributed by atoms with Gasteiger partial charge in [-0.3, -0.25) is 9.00 Å². The predicted octanol–water partition coefficient (Wildman–Crippen LogP) is 2.53. The Hall–Kier alpha value is -0.960. The van der Waals surface area contributed by atoms with E-state index in [1.54, 1.807) is 0 Å². The van der Waals surface area contributed by atoms with Crippen LogP contribution in [-0.2, 0) is 21.3 Å². The number of Topliss-reactive ketones (excluding diaryl/α,β-unsaturated/α-hetero) is 1. The molecule has 1 atom stereocenters. The van der Waals surface area contributed by atoms with Gasteiger partial charge in [0.1, 0.15) is 5.78 Å². The van der Waals surface area contributed by atoms with E-state index in [4.69, 9.17) is 0 Å². The van der Waals surface area contributed by atoms with Crippen LogP contribution in [0.1, 0.15) is 30.0 Å². The Labute approximate surface area is 99.5 Å². The van der Waals surface area contributed by atoms with Crippen molar-refractivity contribution in [3.8, 4) is 0 Å². The molecule has 0 aliphatic carbocycles. The lowest BCUT2D eigenvalue weighted by molar-refractivity contribution is -0.116. The lowest BCUT2D eigenvalue weighted by Gasteiger charge is -2.04. The molecule has 0 aliphatic heterocycles. The Balaban J connectivity index is 2.59. The molecule has 1 aromatic carbocycles. The van der Waals surface area contributed by atoms with Gasteiger partial charge in [-0.15, -0.1) is 0 Å². The topological polar surface area (TPSA) is 34.1 Å². The highest BCUT2D eigenvalue weighted by Crippen LogP contribution is 2.11.